The molecule has 3 aromatic rings. The quantitative estimate of drug-likeness (QED) is 0.678. The highest BCUT2D eigenvalue weighted by Crippen LogP contribution is 2.31. The Balaban J connectivity index is 1.94. The standard InChI is InChI=1S/C16H16ClN3S/c17-8-15-19-14-9-18-13-6-2-1-5-12(13)16(14)20(15)10-11-4-3-7-21-11/h1-2,5-6,9,11H,3-4,7-8,10H2. The second kappa shape index (κ2) is 5.50. The van der Waals surface area contributed by atoms with Gasteiger partial charge in [0, 0.05) is 17.2 Å². The number of rotatable bonds is 3. The number of nitrogens with zero attached hydrogens (tertiary/aromatic N) is 3. The van der Waals surface area contributed by atoms with Gasteiger partial charge in [-0.05, 0) is 24.7 Å². The van der Waals surface area contributed by atoms with Gasteiger partial charge in [0.15, 0.2) is 0 Å². The van der Waals surface area contributed by atoms with Crippen molar-refractivity contribution in [1.82, 2.24) is 14.5 Å². The summed E-state index contributed by atoms with van der Waals surface area (Å²) in [4.78, 5) is 9.19. The average Bonchev–Trinajstić information content (AvgIpc) is 3.15. The van der Waals surface area contributed by atoms with Crippen LogP contribution in [0.1, 0.15) is 18.7 Å². The third-order valence-electron chi connectivity index (χ3n) is 4.09. The minimum Gasteiger partial charge on any atom is -0.325 e. The van der Waals surface area contributed by atoms with Gasteiger partial charge in [0.05, 0.1) is 23.1 Å². The molecule has 0 bridgehead atoms. The number of benzene rings is 1. The molecule has 0 spiro atoms. The van der Waals surface area contributed by atoms with Gasteiger partial charge in [-0.25, -0.2) is 4.98 Å². The second-order valence-electron chi connectivity index (χ2n) is 5.42. The summed E-state index contributed by atoms with van der Waals surface area (Å²) in [6.07, 6.45) is 4.47. The van der Waals surface area contributed by atoms with E-state index in [1.807, 2.05) is 12.3 Å². The zero-order chi connectivity index (χ0) is 14.2. The molecule has 2 aromatic heterocycles. The first-order valence-electron chi connectivity index (χ1n) is 7.27. The van der Waals surface area contributed by atoms with E-state index in [9.17, 15) is 0 Å². The molecule has 4 rings (SSSR count). The van der Waals surface area contributed by atoms with E-state index in [1.54, 1.807) is 0 Å². The molecule has 1 aliphatic rings. The molecule has 0 radical (unpaired) electrons. The highest BCUT2D eigenvalue weighted by molar-refractivity contribution is 8.00. The highest BCUT2D eigenvalue weighted by atomic mass is 35.5. The van der Waals surface area contributed by atoms with Crippen molar-refractivity contribution in [2.45, 2.75) is 30.5 Å². The van der Waals surface area contributed by atoms with E-state index < -0.39 is 0 Å². The van der Waals surface area contributed by atoms with Crippen LogP contribution >= 0.6 is 23.4 Å². The Hall–Kier alpha value is -1.26. The Bertz CT molecular complexity index is 793. The minimum absolute atomic E-state index is 0.445. The van der Waals surface area contributed by atoms with Crippen LogP contribution < -0.4 is 0 Å². The average molecular weight is 318 g/mol. The van der Waals surface area contributed by atoms with Crippen molar-refractivity contribution in [3.8, 4) is 0 Å². The van der Waals surface area contributed by atoms with Crippen LogP contribution in [0.2, 0.25) is 0 Å². The van der Waals surface area contributed by atoms with E-state index >= 15 is 0 Å². The van der Waals surface area contributed by atoms with E-state index in [0.29, 0.717) is 11.1 Å². The zero-order valence-corrected chi connectivity index (χ0v) is 13.2. The molecule has 3 heterocycles. The van der Waals surface area contributed by atoms with Crippen LogP contribution in [0.15, 0.2) is 30.5 Å². The summed E-state index contributed by atoms with van der Waals surface area (Å²) >= 11 is 8.20. The summed E-state index contributed by atoms with van der Waals surface area (Å²) in [6, 6.07) is 8.27. The number of aromatic nitrogens is 3. The zero-order valence-electron chi connectivity index (χ0n) is 11.6. The van der Waals surface area contributed by atoms with Crippen molar-refractivity contribution in [1.29, 1.82) is 0 Å². The lowest BCUT2D eigenvalue weighted by molar-refractivity contribution is 0.635. The van der Waals surface area contributed by atoms with Crippen LogP contribution in [0.5, 0.6) is 0 Å². The molecule has 1 aromatic carbocycles. The smallest absolute Gasteiger partial charge is 0.124 e. The molecular weight excluding hydrogens is 302 g/mol. The number of fused-ring (bicyclic) bond motifs is 3. The maximum atomic E-state index is 6.13. The summed E-state index contributed by atoms with van der Waals surface area (Å²) in [7, 11) is 0. The number of imidazole rings is 1. The van der Waals surface area contributed by atoms with Crippen LogP contribution in [-0.2, 0) is 12.4 Å². The number of halogens is 1. The monoisotopic (exact) mass is 317 g/mol. The van der Waals surface area contributed by atoms with Gasteiger partial charge in [-0.1, -0.05) is 18.2 Å². The number of hydrogen-bond donors (Lipinski definition) is 0. The van der Waals surface area contributed by atoms with Gasteiger partial charge in [-0.15, -0.1) is 11.6 Å². The second-order valence-corrected chi connectivity index (χ2v) is 7.09. The van der Waals surface area contributed by atoms with E-state index in [-0.39, 0.29) is 0 Å². The number of para-hydroxylation sites is 1. The SMILES string of the molecule is ClCc1nc2cnc3ccccc3c2n1CC1CCCS1. The molecule has 0 saturated carbocycles. The van der Waals surface area contributed by atoms with Crippen LogP contribution in [0.4, 0.5) is 0 Å². The van der Waals surface area contributed by atoms with E-state index in [1.165, 1.54) is 29.5 Å². The molecule has 0 aliphatic carbocycles. The van der Waals surface area contributed by atoms with Crippen molar-refractivity contribution in [2.75, 3.05) is 5.75 Å². The van der Waals surface area contributed by atoms with Crippen molar-refractivity contribution in [2.24, 2.45) is 0 Å². The maximum absolute atomic E-state index is 6.13. The maximum Gasteiger partial charge on any atom is 0.124 e. The molecule has 0 amide bonds. The van der Waals surface area contributed by atoms with Gasteiger partial charge in [-0.3, -0.25) is 4.98 Å². The summed E-state index contributed by atoms with van der Waals surface area (Å²) in [6.45, 7) is 0.997. The van der Waals surface area contributed by atoms with E-state index in [0.717, 1.165) is 23.4 Å². The van der Waals surface area contributed by atoms with Crippen molar-refractivity contribution < 1.29 is 0 Å². The van der Waals surface area contributed by atoms with Gasteiger partial charge < -0.3 is 4.57 Å². The first-order chi connectivity index (χ1) is 10.4. The number of hydrogen-bond acceptors (Lipinski definition) is 3. The summed E-state index contributed by atoms with van der Waals surface area (Å²) in [5.74, 6) is 2.67. The molecule has 1 atom stereocenters. The van der Waals surface area contributed by atoms with Crippen LogP contribution in [0.25, 0.3) is 21.9 Å². The van der Waals surface area contributed by atoms with Gasteiger partial charge in [0.2, 0.25) is 0 Å². The largest absolute Gasteiger partial charge is 0.325 e. The molecule has 5 heteroatoms. The Labute approximate surface area is 132 Å². The van der Waals surface area contributed by atoms with E-state index in [2.05, 4.69) is 44.5 Å². The molecule has 1 unspecified atom stereocenters. The summed E-state index contributed by atoms with van der Waals surface area (Å²) in [5, 5.41) is 1.85. The number of alkyl halides is 1. The fourth-order valence-corrected chi connectivity index (χ4v) is 4.56. The molecule has 3 nitrogen and oxygen atoms in total. The third kappa shape index (κ3) is 2.30. The Morgan fingerprint density at radius 2 is 2.19 bits per heavy atom. The minimum atomic E-state index is 0.445. The Morgan fingerprint density at radius 3 is 3.00 bits per heavy atom. The fourth-order valence-electron chi connectivity index (χ4n) is 3.10. The Kier molecular flexibility index (Phi) is 3.51. The topological polar surface area (TPSA) is 30.7 Å². The molecule has 1 aliphatic heterocycles. The summed E-state index contributed by atoms with van der Waals surface area (Å²) < 4.78 is 2.31. The van der Waals surface area contributed by atoms with Crippen molar-refractivity contribution >= 4 is 45.3 Å². The first-order valence-corrected chi connectivity index (χ1v) is 8.85. The van der Waals surface area contributed by atoms with Crippen molar-refractivity contribution in [3.05, 3.63) is 36.3 Å². The lowest BCUT2D eigenvalue weighted by atomic mass is 10.2. The van der Waals surface area contributed by atoms with Gasteiger partial charge >= 0.3 is 0 Å². The third-order valence-corrected chi connectivity index (χ3v) is 5.71. The van der Waals surface area contributed by atoms with Crippen LogP contribution in [0.3, 0.4) is 0 Å². The van der Waals surface area contributed by atoms with Crippen LogP contribution in [0, 0.1) is 0 Å². The van der Waals surface area contributed by atoms with Gasteiger partial charge in [0.1, 0.15) is 11.3 Å². The van der Waals surface area contributed by atoms with Crippen molar-refractivity contribution in [3.63, 3.8) is 0 Å². The predicted octanol–water partition coefficient (Wildman–Crippen LogP) is 4.22. The molecular formula is C16H16ClN3S. The lowest BCUT2D eigenvalue weighted by Gasteiger charge is -2.13. The first kappa shape index (κ1) is 13.4. The van der Waals surface area contributed by atoms with E-state index in [4.69, 9.17) is 11.6 Å². The lowest BCUT2D eigenvalue weighted by Crippen LogP contribution is -2.12. The molecule has 1 saturated heterocycles. The fraction of sp³-hybridized carbons (Fsp3) is 0.375. The van der Waals surface area contributed by atoms with Gasteiger partial charge in [-0.2, -0.15) is 11.8 Å². The number of pyridine rings is 1. The van der Waals surface area contributed by atoms with Gasteiger partial charge in [0.25, 0.3) is 0 Å². The Morgan fingerprint density at radius 1 is 1.29 bits per heavy atom. The number of thioether (sulfide) groups is 1. The highest BCUT2D eigenvalue weighted by Gasteiger charge is 2.20. The molecule has 108 valence electrons. The molecule has 21 heavy (non-hydrogen) atoms. The van der Waals surface area contributed by atoms with Crippen LogP contribution in [-0.4, -0.2) is 25.5 Å². The predicted molar refractivity (Wildman–Crippen MR) is 90.1 cm³/mol. The molecule has 0 N–H and O–H groups in total. The summed E-state index contributed by atoms with van der Waals surface area (Å²) in [5.41, 5.74) is 3.16. The molecule has 1 fully saturated rings. The normalized spacial score (nSPS) is 18.8.